The van der Waals surface area contributed by atoms with Crippen LogP contribution in [-0.2, 0) is 0 Å². The molecule has 0 fully saturated rings. The molecule has 1 aromatic rings. The highest BCUT2D eigenvalue weighted by atomic mass is 16.3. The molecule has 0 heterocycles. The summed E-state index contributed by atoms with van der Waals surface area (Å²) in [7, 11) is 3.39. The summed E-state index contributed by atoms with van der Waals surface area (Å²) in [5, 5.41) is 20.1. The molecule has 0 aliphatic heterocycles. The van der Waals surface area contributed by atoms with E-state index in [-0.39, 0.29) is 11.5 Å². The number of nitrogens with zero attached hydrogens (tertiary/aromatic N) is 1. The molecule has 0 spiro atoms. The third-order valence-electron chi connectivity index (χ3n) is 1.68. The molecule has 4 N–H and O–H groups in total. The van der Waals surface area contributed by atoms with Gasteiger partial charge in [-0.3, -0.25) is 0 Å². The van der Waals surface area contributed by atoms with Crippen molar-refractivity contribution in [2.45, 2.75) is 0 Å². The summed E-state index contributed by atoms with van der Waals surface area (Å²) < 4.78 is 0. The van der Waals surface area contributed by atoms with E-state index < -0.39 is 0 Å². The van der Waals surface area contributed by atoms with Gasteiger partial charge < -0.3 is 10.2 Å². The Hall–Kier alpha value is -1.46. The van der Waals surface area contributed by atoms with Crippen LogP contribution in [0.2, 0.25) is 0 Å². The number of para-hydroxylation sites is 1. The second kappa shape index (κ2) is 3.97. The summed E-state index contributed by atoms with van der Waals surface area (Å²) in [5.41, 5.74) is 6.04. The largest absolute Gasteiger partial charge is 0.504 e. The van der Waals surface area contributed by atoms with Gasteiger partial charge in [-0.25, -0.2) is 16.0 Å². The zero-order valence-corrected chi connectivity index (χ0v) is 7.57. The van der Waals surface area contributed by atoms with Crippen molar-refractivity contribution in [3.05, 3.63) is 18.2 Å². The minimum Gasteiger partial charge on any atom is -0.504 e. The lowest BCUT2D eigenvalue weighted by atomic mass is 10.3. The molecular weight excluding hydrogens is 170 g/mol. The molecule has 0 radical (unpaired) electrons. The van der Waals surface area contributed by atoms with Crippen molar-refractivity contribution in [2.75, 3.05) is 19.2 Å². The smallest absolute Gasteiger partial charge is 0.184 e. The van der Waals surface area contributed by atoms with Crippen LogP contribution in [0.3, 0.4) is 0 Å². The zero-order chi connectivity index (χ0) is 9.84. The molecule has 0 aliphatic rings. The van der Waals surface area contributed by atoms with E-state index >= 15 is 0 Å². The van der Waals surface area contributed by atoms with Gasteiger partial charge in [-0.15, -0.1) is 0 Å². The SMILES string of the molecule is CNN(NC)c1cccc(O)c1O. The van der Waals surface area contributed by atoms with Crippen LogP contribution in [0.25, 0.3) is 0 Å². The van der Waals surface area contributed by atoms with Crippen LogP contribution in [-0.4, -0.2) is 24.3 Å². The molecule has 0 unspecified atom stereocenters. The minimum atomic E-state index is -0.161. The summed E-state index contributed by atoms with van der Waals surface area (Å²) in [6, 6.07) is 4.73. The van der Waals surface area contributed by atoms with E-state index in [2.05, 4.69) is 10.9 Å². The number of rotatable bonds is 3. The molecule has 1 aromatic carbocycles. The fraction of sp³-hybridized carbons (Fsp3) is 0.250. The number of phenolic OH excluding ortho intramolecular Hbond substituents is 2. The summed E-state index contributed by atoms with van der Waals surface area (Å²) in [4.78, 5) is 0. The molecule has 5 nitrogen and oxygen atoms in total. The topological polar surface area (TPSA) is 67.8 Å². The van der Waals surface area contributed by atoms with E-state index in [1.807, 2.05) is 0 Å². The Labute approximate surface area is 76.5 Å². The lowest BCUT2D eigenvalue weighted by Gasteiger charge is -2.22. The van der Waals surface area contributed by atoms with E-state index in [1.165, 1.54) is 11.2 Å². The number of hydrogen-bond acceptors (Lipinski definition) is 5. The maximum absolute atomic E-state index is 9.46. The van der Waals surface area contributed by atoms with E-state index in [9.17, 15) is 10.2 Å². The monoisotopic (exact) mass is 183 g/mol. The second-order valence-corrected chi connectivity index (χ2v) is 2.43. The summed E-state index contributed by atoms with van der Waals surface area (Å²) in [6.45, 7) is 0. The van der Waals surface area contributed by atoms with Crippen molar-refractivity contribution >= 4 is 5.69 Å². The second-order valence-electron chi connectivity index (χ2n) is 2.43. The van der Waals surface area contributed by atoms with Gasteiger partial charge in [0.1, 0.15) is 5.69 Å². The number of aromatic hydroxyl groups is 2. The van der Waals surface area contributed by atoms with Gasteiger partial charge >= 0.3 is 0 Å². The van der Waals surface area contributed by atoms with Crippen LogP contribution in [0.5, 0.6) is 11.5 Å². The highest BCUT2D eigenvalue weighted by molar-refractivity contribution is 5.62. The van der Waals surface area contributed by atoms with Gasteiger partial charge in [-0.1, -0.05) is 6.07 Å². The molecule has 0 aromatic heterocycles. The molecule has 0 aliphatic carbocycles. The van der Waals surface area contributed by atoms with Gasteiger partial charge in [-0.05, 0) is 12.1 Å². The molecule has 0 bridgehead atoms. The van der Waals surface area contributed by atoms with E-state index in [0.29, 0.717) is 5.69 Å². The van der Waals surface area contributed by atoms with Gasteiger partial charge in [0.25, 0.3) is 0 Å². The van der Waals surface area contributed by atoms with Crippen LogP contribution < -0.4 is 16.0 Å². The molecular formula is C8H13N3O2. The summed E-state index contributed by atoms with van der Waals surface area (Å²) in [5.74, 6) is -0.306. The Balaban J connectivity index is 3.05. The summed E-state index contributed by atoms with van der Waals surface area (Å²) >= 11 is 0. The third-order valence-corrected chi connectivity index (χ3v) is 1.68. The fourth-order valence-corrected chi connectivity index (χ4v) is 1.05. The van der Waals surface area contributed by atoms with Crippen molar-refractivity contribution in [3.8, 4) is 11.5 Å². The fourth-order valence-electron chi connectivity index (χ4n) is 1.05. The standard InChI is InChI=1S/C8H13N3O2/c1-9-11(10-2)6-4-3-5-7(12)8(6)13/h3-5,9-10,12-13H,1-2H3. The maximum atomic E-state index is 9.46. The van der Waals surface area contributed by atoms with Crippen molar-refractivity contribution in [3.63, 3.8) is 0 Å². The van der Waals surface area contributed by atoms with Crippen LogP contribution >= 0.6 is 0 Å². The number of nitrogens with one attached hydrogen (secondary N) is 2. The van der Waals surface area contributed by atoms with Crippen LogP contribution in [0.4, 0.5) is 5.69 Å². The molecule has 0 saturated heterocycles. The van der Waals surface area contributed by atoms with Crippen molar-refractivity contribution in [2.24, 2.45) is 0 Å². The predicted octanol–water partition coefficient (Wildman–Crippen LogP) is 0.173. The number of hydrazine groups is 2. The lowest BCUT2D eigenvalue weighted by Crippen LogP contribution is -2.44. The minimum absolute atomic E-state index is 0.145. The van der Waals surface area contributed by atoms with Crippen LogP contribution in [0.1, 0.15) is 0 Å². The summed E-state index contributed by atoms with van der Waals surface area (Å²) in [6.07, 6.45) is 0. The van der Waals surface area contributed by atoms with Crippen LogP contribution in [0.15, 0.2) is 18.2 Å². The van der Waals surface area contributed by atoms with Gasteiger partial charge in [-0.2, -0.15) is 0 Å². The Morgan fingerprint density at radius 3 is 2.31 bits per heavy atom. The van der Waals surface area contributed by atoms with Gasteiger partial charge in [0.2, 0.25) is 0 Å². The Morgan fingerprint density at radius 1 is 1.15 bits per heavy atom. The van der Waals surface area contributed by atoms with Crippen molar-refractivity contribution < 1.29 is 10.2 Å². The van der Waals surface area contributed by atoms with Crippen LogP contribution in [0, 0.1) is 0 Å². The third kappa shape index (κ3) is 1.82. The van der Waals surface area contributed by atoms with E-state index in [0.717, 1.165) is 0 Å². The Bertz CT molecular complexity index is 287. The average Bonchev–Trinajstić information content (AvgIpc) is 2.14. The van der Waals surface area contributed by atoms with Crippen molar-refractivity contribution in [1.29, 1.82) is 0 Å². The lowest BCUT2D eigenvalue weighted by molar-refractivity contribution is 0.401. The van der Waals surface area contributed by atoms with Gasteiger partial charge in [0, 0.05) is 14.1 Å². The van der Waals surface area contributed by atoms with E-state index in [1.54, 1.807) is 26.2 Å². The molecule has 0 saturated carbocycles. The first-order valence-electron chi connectivity index (χ1n) is 3.86. The van der Waals surface area contributed by atoms with Gasteiger partial charge in [0.15, 0.2) is 11.5 Å². The normalized spacial score (nSPS) is 10.0. The molecule has 0 amide bonds. The molecule has 72 valence electrons. The first-order chi connectivity index (χ1) is 6.20. The quantitative estimate of drug-likeness (QED) is 0.397. The number of anilines is 1. The molecule has 0 atom stereocenters. The molecule has 1 rings (SSSR count). The zero-order valence-electron chi connectivity index (χ0n) is 7.57. The van der Waals surface area contributed by atoms with Crippen molar-refractivity contribution in [1.82, 2.24) is 10.9 Å². The Kier molecular flexibility index (Phi) is 2.94. The number of phenols is 2. The predicted molar refractivity (Wildman–Crippen MR) is 50.4 cm³/mol. The average molecular weight is 183 g/mol. The number of hydrogen-bond donors (Lipinski definition) is 4. The van der Waals surface area contributed by atoms with Gasteiger partial charge in [0.05, 0.1) is 0 Å². The molecule has 5 heteroatoms. The first-order valence-corrected chi connectivity index (χ1v) is 3.86. The highest BCUT2D eigenvalue weighted by Crippen LogP contribution is 2.33. The first kappa shape index (κ1) is 9.63. The molecule has 13 heavy (non-hydrogen) atoms. The number of benzene rings is 1. The maximum Gasteiger partial charge on any atom is 0.184 e. The Morgan fingerprint density at radius 2 is 1.77 bits per heavy atom. The van der Waals surface area contributed by atoms with E-state index in [4.69, 9.17) is 0 Å². The highest BCUT2D eigenvalue weighted by Gasteiger charge is 2.10.